The topological polar surface area (TPSA) is 88.5 Å². The maximum atomic E-state index is 12.8. The van der Waals surface area contributed by atoms with Crippen LogP contribution in [0.2, 0.25) is 0 Å². The third-order valence-corrected chi connectivity index (χ3v) is 6.15. The van der Waals surface area contributed by atoms with Gasteiger partial charge in [-0.1, -0.05) is 36.8 Å². The molecule has 1 aromatic carbocycles. The highest BCUT2D eigenvalue weighted by atomic mass is 16.6. The summed E-state index contributed by atoms with van der Waals surface area (Å²) in [7, 11) is 0. The van der Waals surface area contributed by atoms with Crippen molar-refractivity contribution in [2.24, 2.45) is 0 Å². The van der Waals surface area contributed by atoms with Crippen LogP contribution in [-0.4, -0.2) is 58.0 Å². The van der Waals surface area contributed by atoms with Gasteiger partial charge in [-0.2, -0.15) is 5.10 Å². The summed E-state index contributed by atoms with van der Waals surface area (Å²) < 4.78 is 7.33. The Morgan fingerprint density at radius 1 is 1.12 bits per heavy atom. The first-order valence-corrected chi connectivity index (χ1v) is 12.2. The second-order valence-corrected chi connectivity index (χ2v) is 10.1. The van der Waals surface area contributed by atoms with Crippen LogP contribution >= 0.6 is 0 Å². The monoisotopic (exact) mass is 469 g/mol. The molecule has 186 valence electrons. The van der Waals surface area contributed by atoms with Crippen LogP contribution in [0.15, 0.2) is 30.3 Å². The number of hydrogen-bond acceptors (Lipinski definition) is 5. The minimum absolute atomic E-state index is 0.0150. The van der Waals surface area contributed by atoms with Crippen LogP contribution in [0.1, 0.15) is 62.5 Å². The van der Waals surface area contributed by atoms with E-state index in [-0.39, 0.29) is 11.9 Å². The summed E-state index contributed by atoms with van der Waals surface area (Å²) in [5, 5.41) is 10.6. The van der Waals surface area contributed by atoms with Crippen molar-refractivity contribution in [1.82, 2.24) is 25.3 Å². The van der Waals surface area contributed by atoms with Gasteiger partial charge in [-0.3, -0.25) is 14.4 Å². The molecule has 8 nitrogen and oxygen atoms in total. The number of amides is 2. The highest BCUT2D eigenvalue weighted by Gasteiger charge is 2.26. The Kier molecular flexibility index (Phi) is 8.72. The van der Waals surface area contributed by atoms with Crippen molar-refractivity contribution in [1.29, 1.82) is 0 Å². The van der Waals surface area contributed by atoms with Crippen molar-refractivity contribution in [2.45, 2.75) is 78.6 Å². The van der Waals surface area contributed by atoms with Crippen molar-refractivity contribution in [3.63, 3.8) is 0 Å². The number of nitrogens with zero attached hydrogens (tertiary/aromatic N) is 3. The van der Waals surface area contributed by atoms with Crippen LogP contribution < -0.4 is 10.6 Å². The van der Waals surface area contributed by atoms with Crippen LogP contribution in [-0.2, 0) is 22.6 Å². The molecule has 1 aliphatic heterocycles. The average Bonchev–Trinajstić information content (AvgIpc) is 3.03. The quantitative estimate of drug-likeness (QED) is 0.617. The number of hydrogen-bond donors (Lipinski definition) is 2. The molecule has 1 saturated heterocycles. The number of carbonyl (C=O) groups excluding carboxylic acids is 2. The van der Waals surface area contributed by atoms with E-state index in [4.69, 9.17) is 4.74 Å². The molecule has 2 aromatic rings. The molecule has 1 fully saturated rings. The Morgan fingerprint density at radius 2 is 1.85 bits per heavy atom. The fourth-order valence-corrected chi connectivity index (χ4v) is 4.34. The Bertz CT molecular complexity index is 965. The van der Waals surface area contributed by atoms with E-state index in [0.29, 0.717) is 26.2 Å². The third-order valence-electron chi connectivity index (χ3n) is 6.15. The number of piperidine rings is 1. The average molecular weight is 470 g/mol. The van der Waals surface area contributed by atoms with Crippen molar-refractivity contribution in [2.75, 3.05) is 19.6 Å². The number of aromatic nitrogens is 2. The first kappa shape index (κ1) is 25.7. The van der Waals surface area contributed by atoms with E-state index in [1.807, 2.05) is 57.5 Å². The van der Waals surface area contributed by atoms with Gasteiger partial charge in [0.25, 0.3) is 0 Å². The summed E-state index contributed by atoms with van der Waals surface area (Å²) in [5.41, 5.74) is 3.73. The molecule has 0 aliphatic carbocycles. The maximum absolute atomic E-state index is 12.8. The van der Waals surface area contributed by atoms with E-state index in [1.54, 1.807) is 0 Å². The number of ether oxygens (including phenoxy) is 1. The smallest absolute Gasteiger partial charge is 0.407 e. The molecule has 0 radical (unpaired) electrons. The van der Waals surface area contributed by atoms with Crippen LogP contribution in [0.3, 0.4) is 0 Å². The molecule has 34 heavy (non-hydrogen) atoms. The Morgan fingerprint density at radius 3 is 2.56 bits per heavy atom. The lowest BCUT2D eigenvalue weighted by Gasteiger charge is -2.35. The van der Waals surface area contributed by atoms with Crippen LogP contribution in [0.4, 0.5) is 4.79 Å². The number of nitrogens with one attached hydrogen (secondary N) is 2. The van der Waals surface area contributed by atoms with E-state index in [1.165, 1.54) is 5.56 Å². The zero-order chi connectivity index (χ0) is 24.7. The van der Waals surface area contributed by atoms with Gasteiger partial charge in [-0.25, -0.2) is 4.79 Å². The second kappa shape index (κ2) is 11.5. The van der Waals surface area contributed by atoms with Gasteiger partial charge < -0.3 is 15.4 Å². The van der Waals surface area contributed by atoms with Crippen LogP contribution in [0.5, 0.6) is 0 Å². The summed E-state index contributed by atoms with van der Waals surface area (Å²) >= 11 is 0. The Hall–Kier alpha value is -2.87. The SMILES string of the molecule is Cc1nn(Cc2ccccc2)c(C)c1CNC(=O)CN1CCCCC1CNC(=O)OC(C)(C)C. The summed E-state index contributed by atoms with van der Waals surface area (Å²) in [6.07, 6.45) is 2.69. The zero-order valence-electron chi connectivity index (χ0n) is 21.2. The molecular formula is C26H39N5O3. The normalized spacial score (nSPS) is 16.8. The van der Waals surface area contributed by atoms with Gasteiger partial charge in [0.15, 0.2) is 0 Å². The first-order chi connectivity index (χ1) is 16.1. The number of alkyl carbamates (subject to hydrolysis) is 1. The molecule has 0 saturated carbocycles. The lowest BCUT2D eigenvalue weighted by atomic mass is 10.0. The summed E-state index contributed by atoms with van der Waals surface area (Å²) in [5.74, 6) is -0.0150. The minimum Gasteiger partial charge on any atom is -0.444 e. The van der Waals surface area contributed by atoms with E-state index >= 15 is 0 Å². The molecular weight excluding hydrogens is 430 g/mol. The van der Waals surface area contributed by atoms with Crippen LogP contribution in [0.25, 0.3) is 0 Å². The minimum atomic E-state index is -0.526. The fraction of sp³-hybridized carbons (Fsp3) is 0.577. The lowest BCUT2D eigenvalue weighted by molar-refractivity contribution is -0.123. The van der Waals surface area contributed by atoms with E-state index in [2.05, 4.69) is 32.8 Å². The molecule has 1 atom stereocenters. The lowest BCUT2D eigenvalue weighted by Crippen LogP contribution is -2.50. The number of benzene rings is 1. The van der Waals surface area contributed by atoms with Crippen molar-refractivity contribution >= 4 is 12.0 Å². The predicted octanol–water partition coefficient (Wildman–Crippen LogP) is 3.54. The van der Waals surface area contributed by atoms with Gasteiger partial charge in [0.05, 0.1) is 18.8 Å². The van der Waals surface area contributed by atoms with Gasteiger partial charge in [-0.05, 0) is 59.6 Å². The molecule has 8 heteroatoms. The highest BCUT2D eigenvalue weighted by molar-refractivity contribution is 5.78. The second-order valence-electron chi connectivity index (χ2n) is 10.1. The van der Waals surface area contributed by atoms with Crippen LogP contribution in [0, 0.1) is 13.8 Å². The highest BCUT2D eigenvalue weighted by Crippen LogP contribution is 2.17. The standard InChI is InChI=1S/C26H39N5O3/c1-19-23(20(2)31(29-19)17-21-11-7-6-8-12-21)16-27-24(32)18-30-14-10-9-13-22(30)15-28-25(33)34-26(3,4)5/h6-8,11-12,22H,9-10,13-18H2,1-5H3,(H,27,32)(H,28,33). The van der Waals surface area contributed by atoms with Crippen molar-refractivity contribution < 1.29 is 14.3 Å². The Balaban J connectivity index is 1.52. The number of likely N-dealkylation sites (tertiary alicyclic amines) is 1. The Labute approximate surface area is 203 Å². The molecule has 0 bridgehead atoms. The van der Waals surface area contributed by atoms with E-state index in [0.717, 1.165) is 42.8 Å². The molecule has 0 spiro atoms. The van der Waals surface area contributed by atoms with Gasteiger partial charge in [0.2, 0.25) is 5.91 Å². The number of aryl methyl sites for hydroxylation is 1. The zero-order valence-corrected chi connectivity index (χ0v) is 21.2. The molecule has 2 N–H and O–H groups in total. The van der Waals surface area contributed by atoms with E-state index < -0.39 is 11.7 Å². The molecule has 1 aliphatic rings. The van der Waals surface area contributed by atoms with Gasteiger partial charge in [0.1, 0.15) is 5.60 Å². The predicted molar refractivity (Wildman–Crippen MR) is 133 cm³/mol. The third kappa shape index (κ3) is 7.58. The van der Waals surface area contributed by atoms with Crippen molar-refractivity contribution in [3.05, 3.63) is 52.8 Å². The van der Waals surface area contributed by atoms with Gasteiger partial charge in [0, 0.05) is 30.4 Å². The molecule has 1 aromatic heterocycles. The first-order valence-electron chi connectivity index (χ1n) is 12.2. The molecule has 3 rings (SSSR count). The van der Waals surface area contributed by atoms with Crippen molar-refractivity contribution in [3.8, 4) is 0 Å². The van der Waals surface area contributed by atoms with Gasteiger partial charge in [-0.15, -0.1) is 0 Å². The molecule has 2 heterocycles. The maximum Gasteiger partial charge on any atom is 0.407 e. The number of carbonyl (C=O) groups is 2. The molecule has 2 amide bonds. The molecule has 1 unspecified atom stereocenters. The van der Waals surface area contributed by atoms with E-state index in [9.17, 15) is 9.59 Å². The summed E-state index contributed by atoms with van der Waals surface area (Å²) in [4.78, 5) is 27.0. The fourth-order valence-electron chi connectivity index (χ4n) is 4.34. The largest absolute Gasteiger partial charge is 0.444 e. The summed E-state index contributed by atoms with van der Waals surface area (Å²) in [6.45, 7) is 12.4. The number of rotatable bonds is 8. The summed E-state index contributed by atoms with van der Waals surface area (Å²) in [6, 6.07) is 10.4. The van der Waals surface area contributed by atoms with Gasteiger partial charge >= 0.3 is 6.09 Å².